The number of piperidine rings is 1. The summed E-state index contributed by atoms with van der Waals surface area (Å²) < 4.78 is 31.8. The van der Waals surface area contributed by atoms with Crippen LogP contribution in [-0.4, -0.2) is 43.0 Å². The Hall–Kier alpha value is -2.96. The number of amides is 2. The van der Waals surface area contributed by atoms with Crippen LogP contribution in [0.5, 0.6) is 5.75 Å². The molecule has 0 radical (unpaired) electrons. The van der Waals surface area contributed by atoms with Crippen molar-refractivity contribution in [1.29, 1.82) is 0 Å². The summed E-state index contributed by atoms with van der Waals surface area (Å²) in [5.74, 6) is -1.68. The molecule has 0 bridgehead atoms. The molecule has 1 heterocycles. The number of nitrogens with zero attached hydrogens (tertiary/aromatic N) is 1. The highest BCUT2D eigenvalue weighted by Crippen LogP contribution is 2.18. The molecule has 0 aliphatic carbocycles. The van der Waals surface area contributed by atoms with Crippen LogP contribution in [0, 0.1) is 11.6 Å². The number of benzene rings is 2. The van der Waals surface area contributed by atoms with Crippen molar-refractivity contribution in [3.05, 3.63) is 65.2 Å². The van der Waals surface area contributed by atoms with E-state index >= 15 is 0 Å². The van der Waals surface area contributed by atoms with E-state index in [1.54, 1.807) is 36.3 Å². The van der Waals surface area contributed by atoms with Gasteiger partial charge in [0.15, 0.2) is 0 Å². The van der Waals surface area contributed by atoms with Crippen molar-refractivity contribution in [3.8, 4) is 5.75 Å². The maximum absolute atomic E-state index is 13.7. The molecule has 2 aromatic carbocycles. The van der Waals surface area contributed by atoms with E-state index in [1.807, 2.05) is 0 Å². The minimum Gasteiger partial charge on any atom is -0.497 e. The first-order valence-corrected chi connectivity index (χ1v) is 8.67. The lowest BCUT2D eigenvalue weighted by molar-refractivity contribution is 0.0697. The molecule has 3 rings (SSSR count). The molecule has 0 aromatic heterocycles. The van der Waals surface area contributed by atoms with Crippen LogP contribution in [0.1, 0.15) is 33.6 Å². The smallest absolute Gasteiger partial charge is 0.254 e. The van der Waals surface area contributed by atoms with Gasteiger partial charge in [0, 0.05) is 30.8 Å². The molecule has 0 saturated carbocycles. The van der Waals surface area contributed by atoms with Gasteiger partial charge in [-0.05, 0) is 43.2 Å². The highest BCUT2D eigenvalue weighted by atomic mass is 19.1. The van der Waals surface area contributed by atoms with Gasteiger partial charge in [-0.25, -0.2) is 8.78 Å². The van der Waals surface area contributed by atoms with Crippen molar-refractivity contribution in [3.63, 3.8) is 0 Å². The Kier molecular flexibility index (Phi) is 5.69. The fourth-order valence-corrected chi connectivity index (χ4v) is 3.10. The second-order valence-electron chi connectivity index (χ2n) is 6.40. The van der Waals surface area contributed by atoms with Crippen molar-refractivity contribution in [2.24, 2.45) is 0 Å². The van der Waals surface area contributed by atoms with Crippen LogP contribution in [0.3, 0.4) is 0 Å². The average molecular weight is 374 g/mol. The van der Waals surface area contributed by atoms with E-state index in [4.69, 9.17) is 4.74 Å². The number of halogens is 2. The van der Waals surface area contributed by atoms with E-state index in [0.717, 1.165) is 12.1 Å². The minimum absolute atomic E-state index is 0.0942. The molecule has 5 nitrogen and oxygen atoms in total. The summed E-state index contributed by atoms with van der Waals surface area (Å²) in [4.78, 5) is 26.5. The van der Waals surface area contributed by atoms with Crippen LogP contribution < -0.4 is 10.1 Å². The molecule has 1 saturated heterocycles. The monoisotopic (exact) mass is 374 g/mol. The minimum atomic E-state index is -0.891. The average Bonchev–Trinajstić information content (AvgIpc) is 2.68. The quantitative estimate of drug-likeness (QED) is 0.895. The Balaban J connectivity index is 1.57. The van der Waals surface area contributed by atoms with Crippen LogP contribution >= 0.6 is 0 Å². The molecule has 142 valence electrons. The number of likely N-dealkylation sites (tertiary alicyclic amines) is 1. The van der Waals surface area contributed by atoms with Gasteiger partial charge in [0.1, 0.15) is 17.4 Å². The molecule has 1 aliphatic heterocycles. The van der Waals surface area contributed by atoms with Gasteiger partial charge in [0.25, 0.3) is 11.8 Å². The standard InChI is InChI=1S/C20H20F2N2O3/c1-27-16-4-2-3-13(11-16)20(26)24-9-7-15(8-10-24)23-19(25)17-6-5-14(21)12-18(17)22/h2-6,11-12,15H,7-10H2,1H3,(H,23,25). The van der Waals surface area contributed by atoms with Crippen molar-refractivity contribution in [2.45, 2.75) is 18.9 Å². The third-order valence-electron chi connectivity index (χ3n) is 4.61. The summed E-state index contributed by atoms with van der Waals surface area (Å²) in [6.07, 6.45) is 1.12. The van der Waals surface area contributed by atoms with E-state index in [1.165, 1.54) is 0 Å². The van der Waals surface area contributed by atoms with Crippen LogP contribution in [-0.2, 0) is 0 Å². The van der Waals surface area contributed by atoms with Crippen LogP contribution in [0.25, 0.3) is 0 Å². The number of hydrogen-bond acceptors (Lipinski definition) is 3. The largest absolute Gasteiger partial charge is 0.497 e. The molecule has 2 amide bonds. The van der Waals surface area contributed by atoms with E-state index in [9.17, 15) is 18.4 Å². The molecule has 1 fully saturated rings. The molecule has 2 aromatic rings. The zero-order chi connectivity index (χ0) is 19.4. The van der Waals surface area contributed by atoms with E-state index in [2.05, 4.69) is 5.32 Å². The van der Waals surface area contributed by atoms with Gasteiger partial charge in [-0.2, -0.15) is 0 Å². The van der Waals surface area contributed by atoms with Gasteiger partial charge in [-0.3, -0.25) is 9.59 Å². The maximum atomic E-state index is 13.7. The van der Waals surface area contributed by atoms with Crippen LogP contribution in [0.15, 0.2) is 42.5 Å². The van der Waals surface area contributed by atoms with Crippen molar-refractivity contribution in [2.75, 3.05) is 20.2 Å². The predicted molar refractivity (Wildman–Crippen MR) is 95.7 cm³/mol. The summed E-state index contributed by atoms with van der Waals surface area (Å²) in [5.41, 5.74) is 0.358. The van der Waals surface area contributed by atoms with E-state index in [-0.39, 0.29) is 17.5 Å². The lowest BCUT2D eigenvalue weighted by Crippen LogP contribution is -2.46. The topological polar surface area (TPSA) is 58.6 Å². The zero-order valence-corrected chi connectivity index (χ0v) is 14.9. The molecule has 0 spiro atoms. The van der Waals surface area contributed by atoms with Crippen molar-refractivity contribution < 1.29 is 23.1 Å². The molecule has 0 atom stereocenters. The molecular formula is C20H20F2N2O3. The Morgan fingerprint density at radius 1 is 1.11 bits per heavy atom. The Morgan fingerprint density at radius 2 is 1.85 bits per heavy atom. The lowest BCUT2D eigenvalue weighted by atomic mass is 10.0. The number of nitrogens with one attached hydrogen (secondary N) is 1. The summed E-state index contributed by atoms with van der Waals surface area (Å²) in [6.45, 7) is 0.958. The Bertz CT molecular complexity index is 849. The third kappa shape index (κ3) is 4.42. The molecule has 27 heavy (non-hydrogen) atoms. The highest BCUT2D eigenvalue weighted by Gasteiger charge is 2.25. The Labute approximate surface area is 155 Å². The van der Waals surface area contributed by atoms with E-state index in [0.29, 0.717) is 43.3 Å². The van der Waals surface area contributed by atoms with Crippen molar-refractivity contribution >= 4 is 11.8 Å². The van der Waals surface area contributed by atoms with Gasteiger partial charge in [-0.1, -0.05) is 6.07 Å². The predicted octanol–water partition coefficient (Wildman–Crippen LogP) is 3.01. The third-order valence-corrected chi connectivity index (χ3v) is 4.61. The number of carbonyl (C=O) groups excluding carboxylic acids is 2. The highest BCUT2D eigenvalue weighted by molar-refractivity contribution is 5.95. The SMILES string of the molecule is COc1cccc(C(=O)N2CCC(NC(=O)c3ccc(F)cc3F)CC2)c1. The van der Waals surface area contributed by atoms with Crippen LogP contribution in [0.4, 0.5) is 8.78 Å². The number of hydrogen-bond donors (Lipinski definition) is 1. The number of ether oxygens (including phenoxy) is 1. The summed E-state index contributed by atoms with van der Waals surface area (Å²) in [5, 5.41) is 2.75. The van der Waals surface area contributed by atoms with Gasteiger partial charge < -0.3 is 15.0 Å². The first-order chi connectivity index (χ1) is 13.0. The van der Waals surface area contributed by atoms with Gasteiger partial charge in [0.05, 0.1) is 12.7 Å². The normalized spacial score (nSPS) is 14.7. The molecule has 0 unspecified atom stereocenters. The number of carbonyl (C=O) groups is 2. The molecule has 1 N–H and O–H groups in total. The number of rotatable bonds is 4. The fraction of sp³-hybridized carbons (Fsp3) is 0.300. The van der Waals surface area contributed by atoms with Gasteiger partial charge >= 0.3 is 0 Å². The first kappa shape index (κ1) is 18.8. The number of methoxy groups -OCH3 is 1. The van der Waals surface area contributed by atoms with Crippen LogP contribution in [0.2, 0.25) is 0 Å². The molecule has 7 heteroatoms. The Morgan fingerprint density at radius 3 is 2.52 bits per heavy atom. The van der Waals surface area contributed by atoms with E-state index < -0.39 is 17.5 Å². The summed E-state index contributed by atoms with van der Waals surface area (Å²) >= 11 is 0. The summed E-state index contributed by atoms with van der Waals surface area (Å²) in [7, 11) is 1.54. The molecule has 1 aliphatic rings. The van der Waals surface area contributed by atoms with Gasteiger partial charge in [0.2, 0.25) is 0 Å². The van der Waals surface area contributed by atoms with Crippen molar-refractivity contribution in [1.82, 2.24) is 10.2 Å². The second-order valence-corrected chi connectivity index (χ2v) is 6.40. The van der Waals surface area contributed by atoms with Gasteiger partial charge in [-0.15, -0.1) is 0 Å². The maximum Gasteiger partial charge on any atom is 0.254 e. The zero-order valence-electron chi connectivity index (χ0n) is 14.9. The first-order valence-electron chi connectivity index (χ1n) is 8.67. The summed E-state index contributed by atoms with van der Waals surface area (Å²) in [6, 6.07) is 9.64. The molecular weight excluding hydrogens is 354 g/mol. The fourth-order valence-electron chi connectivity index (χ4n) is 3.10. The lowest BCUT2D eigenvalue weighted by Gasteiger charge is -2.32. The second kappa shape index (κ2) is 8.16.